The molecule has 0 saturated carbocycles. The molecule has 3 aliphatic heterocycles. The summed E-state index contributed by atoms with van der Waals surface area (Å²) < 4.78 is 82.6. The number of β-amino-alcohol motifs (C(OH)–C–C–N with tert-alkyl or cyclic N) is 1. The average molecular weight is 1130 g/mol. The molecule has 7 heterocycles. The first-order valence-corrected chi connectivity index (χ1v) is 26.8. The molecule has 4 aromatic carbocycles. The molecule has 3 fully saturated rings. The van der Waals surface area contributed by atoms with Crippen LogP contribution in [-0.4, -0.2) is 137 Å². The molecule has 0 unspecified atom stereocenters. The Morgan fingerprint density at radius 2 is 1.70 bits per heavy atom. The molecule has 5 N–H and O–H groups in total. The summed E-state index contributed by atoms with van der Waals surface area (Å²) in [6.07, 6.45) is -1.14. The highest BCUT2D eigenvalue weighted by Gasteiger charge is 2.45. The number of halogens is 5. The highest BCUT2D eigenvalue weighted by Crippen LogP contribution is 2.52. The fourth-order valence-electron chi connectivity index (χ4n) is 11.0. The molecule has 3 saturated heterocycles. The molecule has 422 valence electrons. The number of alkyl halides is 3. The van der Waals surface area contributed by atoms with Gasteiger partial charge in [-0.15, -0.1) is 5.10 Å². The Balaban J connectivity index is 0.882. The van der Waals surface area contributed by atoms with Gasteiger partial charge in [0.1, 0.15) is 48.1 Å². The minimum absolute atomic E-state index is 0.0123. The topological polar surface area (TPSA) is 231 Å². The van der Waals surface area contributed by atoms with Crippen molar-refractivity contribution in [2.24, 2.45) is 5.92 Å². The molecule has 19 nitrogen and oxygen atoms in total. The number of amides is 2. The van der Waals surface area contributed by atoms with Crippen molar-refractivity contribution in [3.8, 4) is 45.4 Å². The summed E-state index contributed by atoms with van der Waals surface area (Å²) in [7, 11) is 1.51. The summed E-state index contributed by atoms with van der Waals surface area (Å²) >= 11 is 6.69. The van der Waals surface area contributed by atoms with Crippen molar-refractivity contribution in [2.45, 2.75) is 88.8 Å². The van der Waals surface area contributed by atoms with Crippen molar-refractivity contribution in [3.05, 3.63) is 125 Å². The van der Waals surface area contributed by atoms with E-state index in [4.69, 9.17) is 35.8 Å². The van der Waals surface area contributed by atoms with Crippen LogP contribution in [0.3, 0.4) is 0 Å². The number of fused-ring (bicyclic) bond motifs is 4. The fourth-order valence-corrected chi connectivity index (χ4v) is 11.3. The van der Waals surface area contributed by atoms with Gasteiger partial charge in [-0.3, -0.25) is 19.7 Å². The number of hydrogen-bond acceptors (Lipinski definition) is 15. The number of nitrogens with zero attached hydrogens (tertiary/aromatic N) is 9. The molecule has 0 aliphatic carbocycles. The van der Waals surface area contributed by atoms with Crippen molar-refractivity contribution in [1.29, 1.82) is 0 Å². The number of anilines is 1. The number of rotatable bonds is 18. The van der Waals surface area contributed by atoms with Crippen LogP contribution in [0.25, 0.3) is 55.4 Å². The van der Waals surface area contributed by atoms with Gasteiger partial charge in [-0.1, -0.05) is 85.3 Å². The number of likely N-dealkylation sites (tertiary alicyclic amines) is 1. The summed E-state index contributed by atoms with van der Waals surface area (Å²) in [6, 6.07) is 18.7. The number of pyridine rings is 1. The van der Waals surface area contributed by atoms with E-state index in [1.165, 1.54) is 22.9 Å². The Morgan fingerprint density at radius 3 is 2.38 bits per heavy atom. The van der Waals surface area contributed by atoms with Gasteiger partial charge in [0.25, 0.3) is 0 Å². The summed E-state index contributed by atoms with van der Waals surface area (Å²) in [5.41, 5.74) is 1.71. The molecule has 7 atom stereocenters. The summed E-state index contributed by atoms with van der Waals surface area (Å²) in [5, 5.41) is 42.5. The van der Waals surface area contributed by atoms with Gasteiger partial charge >= 0.3 is 12.2 Å². The molecule has 4 aromatic heterocycles. The maximum Gasteiger partial charge on any atom is 0.417 e. The van der Waals surface area contributed by atoms with Crippen LogP contribution >= 0.6 is 11.6 Å². The van der Waals surface area contributed by atoms with Crippen LogP contribution in [0.5, 0.6) is 11.8 Å². The number of methoxy groups -OCH3 is 1. The van der Waals surface area contributed by atoms with Crippen LogP contribution < -0.4 is 25.0 Å². The number of H-pyrrole nitrogens is 1. The Morgan fingerprint density at radius 1 is 0.938 bits per heavy atom. The van der Waals surface area contributed by atoms with E-state index in [1.54, 1.807) is 55.7 Å². The second-order valence-electron chi connectivity index (χ2n) is 21.0. The third kappa shape index (κ3) is 10.9. The molecule has 81 heavy (non-hydrogen) atoms. The SMILES string of the molecule is CO[C@@H](C)COc1nc(N2C[C@@H]3C[C@H]2CN3)c2cc(C(F)(F)F)c(-c3c(Cl)c(F)cc4[nH]ncc34)c(OCc3ccc(-c4cn([C@H](C(=O)N5C[C@H](O)C[C@H]5C(=O)N[C@@H](CO)c5ccc(-c6ccccn6)cc5)C(C)C)nn4)cc3)c2n1. The number of hydrogen-bond donors (Lipinski definition) is 5. The van der Waals surface area contributed by atoms with E-state index >= 15 is 17.6 Å². The third-order valence-electron chi connectivity index (χ3n) is 15.2. The van der Waals surface area contributed by atoms with Crippen LogP contribution in [0.4, 0.5) is 23.4 Å². The van der Waals surface area contributed by atoms with Crippen LogP contribution in [-0.2, 0) is 27.1 Å². The Bertz CT molecular complexity index is 3610. The lowest BCUT2D eigenvalue weighted by atomic mass is 9.93. The highest BCUT2D eigenvalue weighted by molar-refractivity contribution is 6.35. The van der Waals surface area contributed by atoms with Crippen molar-refractivity contribution in [2.75, 3.05) is 44.9 Å². The highest BCUT2D eigenvalue weighted by atomic mass is 35.5. The van der Waals surface area contributed by atoms with E-state index in [9.17, 15) is 19.8 Å². The normalized spacial score (nSPS) is 19.2. The molecule has 3 aliphatic rings. The van der Waals surface area contributed by atoms with Crippen molar-refractivity contribution < 1.29 is 51.6 Å². The van der Waals surface area contributed by atoms with Gasteiger partial charge in [0.15, 0.2) is 5.75 Å². The smallest absolute Gasteiger partial charge is 0.417 e. The average Bonchev–Trinajstić information content (AvgIpc) is 3.76. The van der Waals surface area contributed by atoms with E-state index in [1.807, 2.05) is 49.1 Å². The number of benzene rings is 4. The van der Waals surface area contributed by atoms with E-state index in [-0.39, 0.29) is 89.1 Å². The molecule has 2 amide bonds. The number of carbonyl (C=O) groups is 2. The molecule has 8 aromatic rings. The minimum Gasteiger partial charge on any atom is -0.486 e. The first-order chi connectivity index (χ1) is 39.0. The van der Waals surface area contributed by atoms with Crippen LogP contribution in [0, 0.1) is 11.7 Å². The molecular weight excluding hydrogens is 1080 g/mol. The lowest BCUT2D eigenvalue weighted by Crippen LogP contribution is -2.50. The van der Waals surface area contributed by atoms with Crippen molar-refractivity contribution >= 4 is 51.0 Å². The van der Waals surface area contributed by atoms with Crippen LogP contribution in [0.15, 0.2) is 97.5 Å². The molecule has 0 spiro atoms. The fraction of sp³-hybridized carbons (Fsp3) is 0.368. The second-order valence-corrected chi connectivity index (χ2v) is 21.3. The zero-order valence-corrected chi connectivity index (χ0v) is 45.1. The van der Waals surface area contributed by atoms with Crippen LogP contribution in [0.2, 0.25) is 5.02 Å². The number of aliphatic hydroxyl groups excluding tert-OH is 2. The van der Waals surface area contributed by atoms with Gasteiger partial charge in [0, 0.05) is 90.5 Å². The lowest BCUT2D eigenvalue weighted by Gasteiger charge is -2.30. The molecule has 24 heteroatoms. The van der Waals surface area contributed by atoms with Crippen molar-refractivity contribution in [3.63, 3.8) is 0 Å². The predicted octanol–water partition coefficient (Wildman–Crippen LogP) is 7.86. The largest absolute Gasteiger partial charge is 0.486 e. The Labute approximate surface area is 466 Å². The van der Waals surface area contributed by atoms with Gasteiger partial charge < -0.3 is 44.9 Å². The molecule has 2 bridgehead atoms. The number of aromatic amines is 1. The summed E-state index contributed by atoms with van der Waals surface area (Å²) in [5.74, 6) is -2.50. The van der Waals surface area contributed by atoms with Gasteiger partial charge in [-0.05, 0) is 48.6 Å². The maximum atomic E-state index is 15.8. The van der Waals surface area contributed by atoms with Gasteiger partial charge in [0.05, 0.1) is 59.0 Å². The number of nitrogens with one attached hydrogen (secondary N) is 3. The monoisotopic (exact) mass is 1130 g/mol. The molecular formula is C57H57ClF4N12O7. The number of ether oxygens (including phenoxy) is 3. The minimum atomic E-state index is -5.04. The number of piperazine rings is 1. The van der Waals surface area contributed by atoms with E-state index in [2.05, 4.69) is 36.1 Å². The number of aliphatic hydroxyl groups is 2. The molecule has 11 rings (SSSR count). The van der Waals surface area contributed by atoms with Gasteiger partial charge in [-0.2, -0.15) is 28.2 Å². The second kappa shape index (κ2) is 22.6. The first-order valence-electron chi connectivity index (χ1n) is 26.5. The summed E-state index contributed by atoms with van der Waals surface area (Å²) in [4.78, 5) is 45.6. The van der Waals surface area contributed by atoms with Crippen molar-refractivity contribution in [1.82, 2.24) is 55.7 Å². The first kappa shape index (κ1) is 55.1. The lowest BCUT2D eigenvalue weighted by molar-refractivity contribution is -0.142. The van der Waals surface area contributed by atoms with E-state index < -0.39 is 76.9 Å². The Hall–Kier alpha value is -7.83. The van der Waals surface area contributed by atoms with Gasteiger partial charge in [0.2, 0.25) is 11.8 Å². The number of aromatic nitrogens is 8. The predicted molar refractivity (Wildman–Crippen MR) is 292 cm³/mol. The van der Waals surface area contributed by atoms with E-state index in [0.717, 1.165) is 29.8 Å². The quantitative estimate of drug-likeness (QED) is 0.0515. The standard InChI is InChI=1S/C57H57ClF4N12O7/c1-29(2)51(55(78)73-24-37(76)18-46(73)54(77)66-45(26-75)34-14-12-32(13-15-34)42-7-5-6-16-63-42)74-25-44(70-71-74)33-10-8-31(9-11-33)28-80-52-48(47-39-22-65-69-43(39)20-41(59)49(47)58)40(57(60,61)62)19-38-50(52)67-56(81-27-30(3)79-4)68-53(38)72-23-35-17-36(72)21-64-35/h5-16,19-20,22,25,29-30,35-37,45-46,51,64,75-76H,17-18,21,23-24,26-28H2,1-4H3,(H,65,69)(H,66,77)/t30-,35-,36-,37+,45-,46-,51-/m0/s1. The third-order valence-corrected chi connectivity index (χ3v) is 15.6. The molecule has 0 radical (unpaired) electrons. The van der Waals surface area contributed by atoms with Crippen LogP contribution in [0.1, 0.15) is 62.4 Å². The summed E-state index contributed by atoms with van der Waals surface area (Å²) in [6.45, 7) is 5.64. The maximum absolute atomic E-state index is 15.8. The Kier molecular flexibility index (Phi) is 15.4. The number of carbonyl (C=O) groups excluding carboxylic acids is 2. The van der Waals surface area contributed by atoms with E-state index in [0.29, 0.717) is 35.5 Å². The zero-order valence-electron chi connectivity index (χ0n) is 44.4. The zero-order chi connectivity index (χ0) is 56.9. The van der Waals surface area contributed by atoms with Gasteiger partial charge in [-0.25, -0.2) is 9.07 Å².